The van der Waals surface area contributed by atoms with E-state index in [0.717, 1.165) is 43.4 Å². The Morgan fingerprint density at radius 2 is 2.16 bits per heavy atom. The minimum absolute atomic E-state index is 0.282. The smallest absolute Gasteiger partial charge is 0.144 e. The molecule has 0 saturated carbocycles. The van der Waals surface area contributed by atoms with Crippen LogP contribution in [0.1, 0.15) is 51.6 Å². The summed E-state index contributed by atoms with van der Waals surface area (Å²) in [7, 11) is 0. The van der Waals surface area contributed by atoms with E-state index in [1.807, 2.05) is 13.0 Å². The lowest BCUT2D eigenvalue weighted by Crippen LogP contribution is -2.38. The summed E-state index contributed by atoms with van der Waals surface area (Å²) in [6, 6.07) is 2.02. The fourth-order valence-corrected chi connectivity index (χ4v) is 2.67. The number of hydrogen-bond donors (Lipinski definition) is 1. The molecular weight excluding hydrogens is 236 g/mol. The van der Waals surface area contributed by atoms with Gasteiger partial charge in [-0.15, -0.1) is 0 Å². The van der Waals surface area contributed by atoms with Gasteiger partial charge in [0.25, 0.3) is 0 Å². The minimum Gasteiger partial charge on any atom is -0.370 e. The van der Waals surface area contributed by atoms with Gasteiger partial charge in [0.15, 0.2) is 0 Å². The van der Waals surface area contributed by atoms with Gasteiger partial charge in [-0.3, -0.25) is 4.90 Å². The van der Waals surface area contributed by atoms with Crippen molar-refractivity contribution in [2.45, 2.75) is 59.0 Å². The lowest BCUT2D eigenvalue weighted by molar-refractivity contribution is 0.162. The Hall–Kier alpha value is -1.16. The van der Waals surface area contributed by atoms with Crippen molar-refractivity contribution in [1.29, 1.82) is 0 Å². The molecule has 1 fully saturated rings. The normalized spacial score (nSPS) is 18.7. The number of likely N-dealkylation sites (tertiary alicyclic amines) is 1. The van der Waals surface area contributed by atoms with Gasteiger partial charge < -0.3 is 5.32 Å². The lowest BCUT2D eigenvalue weighted by Gasteiger charge is -2.30. The van der Waals surface area contributed by atoms with E-state index >= 15 is 0 Å². The van der Waals surface area contributed by atoms with Crippen molar-refractivity contribution in [3.63, 3.8) is 0 Å². The number of nitrogens with zero attached hydrogens (tertiary/aromatic N) is 3. The van der Waals surface area contributed by atoms with Gasteiger partial charge in [0, 0.05) is 23.8 Å². The van der Waals surface area contributed by atoms with Gasteiger partial charge in [-0.1, -0.05) is 6.92 Å². The predicted octanol–water partition coefficient (Wildman–Crippen LogP) is 2.98. The number of nitrogens with one attached hydrogen (secondary N) is 1. The predicted molar refractivity (Wildman–Crippen MR) is 79.3 cm³/mol. The van der Waals surface area contributed by atoms with Crippen molar-refractivity contribution in [2.24, 2.45) is 0 Å². The first-order chi connectivity index (χ1) is 9.01. The Morgan fingerprint density at radius 3 is 2.79 bits per heavy atom. The van der Waals surface area contributed by atoms with Crippen molar-refractivity contribution >= 4 is 5.82 Å². The van der Waals surface area contributed by atoms with E-state index in [0.29, 0.717) is 0 Å². The second kappa shape index (κ2) is 5.87. The van der Waals surface area contributed by atoms with Crippen LogP contribution in [-0.2, 0) is 6.54 Å². The molecule has 0 atom stereocenters. The molecule has 0 unspecified atom stereocenters. The number of rotatable bonds is 5. The first-order valence-electron chi connectivity index (χ1n) is 7.35. The molecule has 1 aromatic heterocycles. The summed E-state index contributed by atoms with van der Waals surface area (Å²) in [4.78, 5) is 11.7. The minimum atomic E-state index is 0.282. The van der Waals surface area contributed by atoms with Gasteiger partial charge >= 0.3 is 0 Å². The summed E-state index contributed by atoms with van der Waals surface area (Å²) < 4.78 is 0. The maximum absolute atomic E-state index is 4.64. The van der Waals surface area contributed by atoms with Gasteiger partial charge in [-0.05, 0) is 46.6 Å². The molecule has 1 aliphatic heterocycles. The number of hydrogen-bond acceptors (Lipinski definition) is 4. The second-order valence-electron chi connectivity index (χ2n) is 6.08. The first-order valence-corrected chi connectivity index (χ1v) is 7.35. The van der Waals surface area contributed by atoms with E-state index in [4.69, 9.17) is 0 Å². The number of aryl methyl sites for hydroxylation is 1. The summed E-state index contributed by atoms with van der Waals surface area (Å²) >= 11 is 0. The van der Waals surface area contributed by atoms with Crippen molar-refractivity contribution in [3.8, 4) is 0 Å². The standard InChI is InChI=1S/C15H26N4/c1-5-8-16-13-10-12(2)17-14(18-13)11-19-9-6-7-15(19,3)4/h10H,5-9,11H2,1-4H3,(H,16,17,18). The van der Waals surface area contributed by atoms with Crippen LogP contribution in [0.15, 0.2) is 6.07 Å². The van der Waals surface area contributed by atoms with Gasteiger partial charge in [0.05, 0.1) is 6.54 Å². The van der Waals surface area contributed by atoms with Crippen LogP contribution < -0.4 is 5.32 Å². The van der Waals surface area contributed by atoms with E-state index in [-0.39, 0.29) is 5.54 Å². The largest absolute Gasteiger partial charge is 0.370 e. The third-order valence-electron chi connectivity index (χ3n) is 3.86. The molecule has 4 heteroatoms. The molecule has 2 rings (SSSR count). The van der Waals surface area contributed by atoms with Gasteiger partial charge in [-0.2, -0.15) is 0 Å². The van der Waals surface area contributed by atoms with Crippen LogP contribution in [0.3, 0.4) is 0 Å². The third-order valence-corrected chi connectivity index (χ3v) is 3.86. The zero-order chi connectivity index (χ0) is 13.9. The number of aromatic nitrogens is 2. The van der Waals surface area contributed by atoms with Crippen LogP contribution in [0.5, 0.6) is 0 Å². The quantitative estimate of drug-likeness (QED) is 0.885. The van der Waals surface area contributed by atoms with Crippen molar-refractivity contribution < 1.29 is 0 Å². The average Bonchev–Trinajstić information content (AvgIpc) is 2.65. The van der Waals surface area contributed by atoms with Gasteiger partial charge in [0.2, 0.25) is 0 Å². The van der Waals surface area contributed by atoms with E-state index in [9.17, 15) is 0 Å². The Balaban J connectivity index is 2.09. The first kappa shape index (κ1) is 14.3. The molecule has 0 aliphatic carbocycles. The van der Waals surface area contributed by atoms with Crippen LogP contribution >= 0.6 is 0 Å². The summed E-state index contributed by atoms with van der Waals surface area (Å²) in [5.74, 6) is 1.90. The van der Waals surface area contributed by atoms with Gasteiger partial charge in [-0.25, -0.2) is 9.97 Å². The summed E-state index contributed by atoms with van der Waals surface area (Å²) in [5, 5.41) is 3.35. The summed E-state index contributed by atoms with van der Waals surface area (Å²) in [6.45, 7) is 11.8. The fraction of sp³-hybridized carbons (Fsp3) is 0.733. The molecule has 106 valence electrons. The van der Waals surface area contributed by atoms with Crippen molar-refractivity contribution in [3.05, 3.63) is 17.6 Å². The van der Waals surface area contributed by atoms with Crippen molar-refractivity contribution in [2.75, 3.05) is 18.4 Å². The van der Waals surface area contributed by atoms with Crippen LogP contribution in [-0.4, -0.2) is 33.5 Å². The molecule has 2 heterocycles. The Labute approximate surface area is 116 Å². The maximum Gasteiger partial charge on any atom is 0.144 e. The molecule has 0 radical (unpaired) electrons. The molecule has 0 spiro atoms. The van der Waals surface area contributed by atoms with Crippen LogP contribution in [0.4, 0.5) is 5.82 Å². The highest BCUT2D eigenvalue weighted by Gasteiger charge is 2.32. The Kier molecular flexibility index (Phi) is 4.40. The Bertz CT molecular complexity index is 428. The molecule has 1 aliphatic rings. The van der Waals surface area contributed by atoms with Crippen molar-refractivity contribution in [1.82, 2.24) is 14.9 Å². The van der Waals surface area contributed by atoms with Gasteiger partial charge in [0.1, 0.15) is 11.6 Å². The highest BCUT2D eigenvalue weighted by molar-refractivity contribution is 5.35. The highest BCUT2D eigenvalue weighted by Crippen LogP contribution is 2.29. The zero-order valence-electron chi connectivity index (χ0n) is 12.7. The molecule has 1 aromatic rings. The average molecular weight is 262 g/mol. The molecule has 0 bridgehead atoms. The van der Waals surface area contributed by atoms with Crippen LogP contribution in [0.2, 0.25) is 0 Å². The van der Waals surface area contributed by atoms with Crippen LogP contribution in [0.25, 0.3) is 0 Å². The molecule has 0 amide bonds. The molecule has 4 nitrogen and oxygen atoms in total. The monoisotopic (exact) mass is 262 g/mol. The zero-order valence-corrected chi connectivity index (χ0v) is 12.7. The van der Waals surface area contributed by atoms with E-state index in [1.54, 1.807) is 0 Å². The second-order valence-corrected chi connectivity index (χ2v) is 6.08. The Morgan fingerprint density at radius 1 is 1.37 bits per heavy atom. The number of anilines is 1. The highest BCUT2D eigenvalue weighted by atomic mass is 15.2. The fourth-order valence-electron chi connectivity index (χ4n) is 2.67. The topological polar surface area (TPSA) is 41.1 Å². The molecule has 1 N–H and O–H groups in total. The molecule has 19 heavy (non-hydrogen) atoms. The third kappa shape index (κ3) is 3.66. The molecule has 1 saturated heterocycles. The van der Waals surface area contributed by atoms with E-state index < -0.39 is 0 Å². The van der Waals surface area contributed by atoms with E-state index in [1.165, 1.54) is 12.8 Å². The SMILES string of the molecule is CCCNc1cc(C)nc(CN2CCCC2(C)C)n1. The van der Waals surface area contributed by atoms with Crippen LogP contribution in [0, 0.1) is 6.92 Å². The molecular formula is C15H26N4. The molecule has 0 aromatic carbocycles. The van der Waals surface area contributed by atoms with E-state index in [2.05, 4.69) is 41.0 Å². The summed E-state index contributed by atoms with van der Waals surface area (Å²) in [5.41, 5.74) is 1.32. The summed E-state index contributed by atoms with van der Waals surface area (Å²) in [6.07, 6.45) is 3.65. The maximum atomic E-state index is 4.64. The lowest BCUT2D eigenvalue weighted by atomic mass is 10.0.